The number of hydrogen-bond donors (Lipinski definition) is 1. The van der Waals surface area contributed by atoms with Crippen molar-refractivity contribution in [3.05, 3.63) is 63.6 Å². The maximum atomic E-state index is 12.0. The molecule has 2 nitrogen and oxygen atoms in total. The number of halogens is 2. The summed E-state index contributed by atoms with van der Waals surface area (Å²) in [5.74, 6) is -0.0164. The first-order valence-corrected chi connectivity index (χ1v) is 8.67. The number of rotatable bonds is 7. The van der Waals surface area contributed by atoms with E-state index in [1.807, 2.05) is 18.2 Å². The van der Waals surface area contributed by atoms with Gasteiger partial charge in [-0.2, -0.15) is 0 Å². The summed E-state index contributed by atoms with van der Waals surface area (Å²) in [6.07, 6.45) is 4.44. The molecule has 2 rings (SSSR count). The van der Waals surface area contributed by atoms with Crippen molar-refractivity contribution in [3.8, 4) is 0 Å². The minimum absolute atomic E-state index is 0.0164. The number of hydrogen-bond acceptors (Lipinski definition) is 1. The van der Waals surface area contributed by atoms with Gasteiger partial charge in [-0.05, 0) is 54.7 Å². The average Bonchev–Trinajstić information content (AvgIpc) is 2.53. The van der Waals surface area contributed by atoms with Gasteiger partial charge >= 0.3 is 0 Å². The van der Waals surface area contributed by atoms with Crippen LogP contribution in [-0.2, 0) is 17.6 Å². The van der Waals surface area contributed by atoms with Gasteiger partial charge in [0.1, 0.15) is 0 Å². The monoisotopic (exact) mass is 349 g/mol. The van der Waals surface area contributed by atoms with Gasteiger partial charge < -0.3 is 5.32 Å². The van der Waals surface area contributed by atoms with E-state index in [1.165, 1.54) is 18.4 Å². The molecule has 1 N–H and O–H groups in total. The third-order valence-corrected chi connectivity index (χ3v) is 4.28. The Balaban J connectivity index is 1.84. The first-order valence-electron chi connectivity index (χ1n) is 7.91. The highest BCUT2D eigenvalue weighted by atomic mass is 35.5. The first-order chi connectivity index (χ1) is 11.1. The quantitative estimate of drug-likeness (QED) is 0.661. The van der Waals surface area contributed by atoms with Crippen LogP contribution < -0.4 is 5.32 Å². The number of carbonyl (C=O) groups excluding carboxylic acids is 1. The van der Waals surface area contributed by atoms with Crippen molar-refractivity contribution in [2.75, 3.05) is 5.32 Å². The predicted molar refractivity (Wildman–Crippen MR) is 98.5 cm³/mol. The van der Waals surface area contributed by atoms with Gasteiger partial charge in [0.25, 0.3) is 0 Å². The molecule has 0 radical (unpaired) electrons. The molecule has 0 aromatic heterocycles. The van der Waals surface area contributed by atoms with Crippen LogP contribution in [-0.4, -0.2) is 5.91 Å². The van der Waals surface area contributed by atoms with Crippen molar-refractivity contribution < 1.29 is 4.79 Å². The van der Waals surface area contributed by atoms with E-state index in [0.717, 1.165) is 17.7 Å². The van der Waals surface area contributed by atoms with Crippen molar-refractivity contribution in [2.45, 2.75) is 39.0 Å². The molecular formula is C19H21Cl2NO. The molecule has 0 bridgehead atoms. The second-order valence-corrected chi connectivity index (χ2v) is 6.43. The molecule has 4 heteroatoms. The maximum Gasteiger partial charge on any atom is 0.224 e. The number of benzene rings is 2. The van der Waals surface area contributed by atoms with Gasteiger partial charge in [0.05, 0.1) is 0 Å². The Morgan fingerprint density at radius 3 is 2.43 bits per heavy atom. The normalized spacial score (nSPS) is 10.6. The minimum atomic E-state index is -0.0164. The number of aryl methyl sites for hydroxylation is 2. The summed E-state index contributed by atoms with van der Waals surface area (Å²) < 4.78 is 0. The van der Waals surface area contributed by atoms with Gasteiger partial charge in [-0.3, -0.25) is 4.79 Å². The van der Waals surface area contributed by atoms with Gasteiger partial charge in [0, 0.05) is 22.2 Å². The van der Waals surface area contributed by atoms with Gasteiger partial charge in [0.15, 0.2) is 0 Å². The minimum Gasteiger partial charge on any atom is -0.326 e. The summed E-state index contributed by atoms with van der Waals surface area (Å²) in [4.78, 5) is 12.0. The van der Waals surface area contributed by atoms with Gasteiger partial charge in [-0.15, -0.1) is 0 Å². The van der Waals surface area contributed by atoms with Crippen LogP contribution in [0.5, 0.6) is 0 Å². The van der Waals surface area contributed by atoms with Crippen molar-refractivity contribution >= 4 is 34.8 Å². The molecule has 0 saturated heterocycles. The van der Waals surface area contributed by atoms with Gasteiger partial charge in [-0.25, -0.2) is 0 Å². The number of anilines is 1. The van der Waals surface area contributed by atoms with E-state index in [-0.39, 0.29) is 5.91 Å². The molecule has 0 spiro atoms. The Labute approximate surface area is 147 Å². The Morgan fingerprint density at radius 2 is 1.78 bits per heavy atom. The van der Waals surface area contributed by atoms with Crippen LogP contribution in [0.15, 0.2) is 42.5 Å². The first kappa shape index (κ1) is 17.8. The molecule has 0 unspecified atom stereocenters. The SMILES string of the molecule is CCCCc1ccc(NC(=O)CCc2ccc(Cl)cc2Cl)cc1. The zero-order chi connectivity index (χ0) is 16.7. The molecule has 0 saturated carbocycles. The average molecular weight is 350 g/mol. The Kier molecular flexibility index (Phi) is 6.94. The fraction of sp³-hybridized carbons (Fsp3) is 0.316. The predicted octanol–water partition coefficient (Wildman–Crippen LogP) is 5.91. The van der Waals surface area contributed by atoms with Crippen molar-refractivity contribution in [3.63, 3.8) is 0 Å². The van der Waals surface area contributed by atoms with Gasteiger partial charge in [-0.1, -0.05) is 54.7 Å². The van der Waals surface area contributed by atoms with E-state index in [0.29, 0.717) is 22.9 Å². The Morgan fingerprint density at radius 1 is 1.04 bits per heavy atom. The zero-order valence-corrected chi connectivity index (χ0v) is 14.8. The molecular weight excluding hydrogens is 329 g/mol. The number of unbranched alkanes of at least 4 members (excludes halogenated alkanes) is 1. The molecule has 0 fully saturated rings. The molecule has 122 valence electrons. The highest BCUT2D eigenvalue weighted by Crippen LogP contribution is 2.22. The van der Waals surface area contributed by atoms with Crippen LogP contribution in [0.2, 0.25) is 10.0 Å². The lowest BCUT2D eigenvalue weighted by Gasteiger charge is -2.08. The second-order valence-electron chi connectivity index (χ2n) is 5.58. The van der Waals surface area contributed by atoms with Crippen LogP contribution in [0.3, 0.4) is 0 Å². The Hall–Kier alpha value is -1.51. The van der Waals surface area contributed by atoms with E-state index in [1.54, 1.807) is 12.1 Å². The van der Waals surface area contributed by atoms with Crippen molar-refractivity contribution in [2.24, 2.45) is 0 Å². The van der Waals surface area contributed by atoms with E-state index in [9.17, 15) is 4.79 Å². The molecule has 2 aromatic carbocycles. The molecule has 0 aliphatic rings. The fourth-order valence-corrected chi connectivity index (χ4v) is 2.83. The lowest BCUT2D eigenvalue weighted by atomic mass is 10.1. The second kappa shape index (κ2) is 8.95. The number of amides is 1. The summed E-state index contributed by atoms with van der Waals surface area (Å²) in [7, 11) is 0. The number of nitrogens with one attached hydrogen (secondary N) is 1. The fourth-order valence-electron chi connectivity index (χ4n) is 2.33. The van der Waals surface area contributed by atoms with Crippen molar-refractivity contribution in [1.29, 1.82) is 0 Å². The molecule has 0 atom stereocenters. The van der Waals surface area contributed by atoms with E-state index in [4.69, 9.17) is 23.2 Å². The highest BCUT2D eigenvalue weighted by Gasteiger charge is 2.06. The summed E-state index contributed by atoms with van der Waals surface area (Å²) in [6, 6.07) is 13.4. The number of carbonyl (C=O) groups is 1. The standard InChI is InChI=1S/C19H21Cl2NO/c1-2-3-4-14-5-10-17(11-6-14)22-19(23)12-8-15-7-9-16(20)13-18(15)21/h5-7,9-11,13H,2-4,8,12H2,1H3,(H,22,23). The van der Waals surface area contributed by atoms with Crippen LogP contribution in [0.4, 0.5) is 5.69 Å². The summed E-state index contributed by atoms with van der Waals surface area (Å²) >= 11 is 12.0. The third kappa shape index (κ3) is 5.89. The molecule has 1 amide bonds. The maximum absolute atomic E-state index is 12.0. The molecule has 2 aromatic rings. The van der Waals surface area contributed by atoms with E-state index < -0.39 is 0 Å². The lowest BCUT2D eigenvalue weighted by molar-refractivity contribution is -0.116. The van der Waals surface area contributed by atoms with Crippen LogP contribution >= 0.6 is 23.2 Å². The highest BCUT2D eigenvalue weighted by molar-refractivity contribution is 6.35. The van der Waals surface area contributed by atoms with Crippen LogP contribution in [0.1, 0.15) is 37.3 Å². The Bertz CT molecular complexity index is 653. The molecule has 23 heavy (non-hydrogen) atoms. The smallest absolute Gasteiger partial charge is 0.224 e. The summed E-state index contributed by atoms with van der Waals surface area (Å²) in [5.41, 5.74) is 3.07. The molecule has 0 aliphatic carbocycles. The molecule has 0 heterocycles. The van der Waals surface area contributed by atoms with Gasteiger partial charge in [0.2, 0.25) is 5.91 Å². The largest absolute Gasteiger partial charge is 0.326 e. The zero-order valence-electron chi connectivity index (χ0n) is 13.2. The van der Waals surface area contributed by atoms with Crippen molar-refractivity contribution in [1.82, 2.24) is 0 Å². The molecule has 0 aliphatic heterocycles. The summed E-state index contributed by atoms with van der Waals surface area (Å²) in [6.45, 7) is 2.18. The van der Waals surface area contributed by atoms with E-state index >= 15 is 0 Å². The van der Waals surface area contributed by atoms with Crippen LogP contribution in [0, 0.1) is 0 Å². The lowest BCUT2D eigenvalue weighted by Crippen LogP contribution is -2.12. The summed E-state index contributed by atoms with van der Waals surface area (Å²) in [5, 5.41) is 4.12. The van der Waals surface area contributed by atoms with E-state index in [2.05, 4.69) is 24.4 Å². The topological polar surface area (TPSA) is 29.1 Å². The third-order valence-electron chi connectivity index (χ3n) is 3.69. The van der Waals surface area contributed by atoms with Crippen LogP contribution in [0.25, 0.3) is 0 Å².